The molecule has 1 aromatic carbocycles. The highest BCUT2D eigenvalue weighted by atomic mass is 35.5. The van der Waals surface area contributed by atoms with Crippen molar-refractivity contribution in [2.75, 3.05) is 13.1 Å². The standard InChI is InChI=1S/C12H13ClN2O3/c13-9-3-1-2-8(6-9)7-10-11(16)15(5-4-14)12(17)18-10/h1-3,6,10H,4-5,7,14H2. The predicted octanol–water partition coefficient (Wildman–Crippen LogP) is 1.19. The molecule has 2 amide bonds. The molecule has 0 saturated carbocycles. The Hall–Kier alpha value is -1.59. The number of imide groups is 1. The number of nitrogens with zero attached hydrogens (tertiary/aromatic N) is 1. The highest BCUT2D eigenvalue weighted by Crippen LogP contribution is 2.19. The Morgan fingerprint density at radius 1 is 1.39 bits per heavy atom. The Morgan fingerprint density at radius 3 is 2.83 bits per heavy atom. The third-order valence-electron chi connectivity index (χ3n) is 2.67. The second kappa shape index (κ2) is 5.37. The van der Waals surface area contributed by atoms with E-state index >= 15 is 0 Å². The molecule has 1 saturated heterocycles. The summed E-state index contributed by atoms with van der Waals surface area (Å²) in [6.07, 6.45) is -1.08. The number of rotatable bonds is 4. The van der Waals surface area contributed by atoms with E-state index in [0.717, 1.165) is 10.5 Å². The molecule has 18 heavy (non-hydrogen) atoms. The minimum absolute atomic E-state index is 0.184. The number of ether oxygens (including phenoxy) is 1. The maximum absolute atomic E-state index is 11.9. The van der Waals surface area contributed by atoms with Gasteiger partial charge in [0, 0.05) is 24.5 Å². The van der Waals surface area contributed by atoms with Crippen LogP contribution in [0, 0.1) is 0 Å². The average Bonchev–Trinajstić information content (AvgIpc) is 2.57. The third-order valence-corrected chi connectivity index (χ3v) is 2.90. The number of cyclic esters (lactones) is 1. The summed E-state index contributed by atoms with van der Waals surface area (Å²) in [7, 11) is 0. The van der Waals surface area contributed by atoms with Gasteiger partial charge < -0.3 is 10.5 Å². The second-order valence-corrected chi connectivity index (χ2v) is 4.42. The van der Waals surface area contributed by atoms with Crippen molar-refractivity contribution >= 4 is 23.6 Å². The van der Waals surface area contributed by atoms with E-state index in [-0.39, 0.29) is 19.0 Å². The summed E-state index contributed by atoms with van der Waals surface area (Å²) in [5.41, 5.74) is 6.18. The van der Waals surface area contributed by atoms with Gasteiger partial charge in [-0.3, -0.25) is 4.79 Å². The molecule has 1 aliphatic heterocycles. The van der Waals surface area contributed by atoms with E-state index < -0.39 is 12.2 Å². The van der Waals surface area contributed by atoms with Gasteiger partial charge in [-0.05, 0) is 17.7 Å². The zero-order valence-corrected chi connectivity index (χ0v) is 10.4. The van der Waals surface area contributed by atoms with Crippen molar-refractivity contribution in [2.45, 2.75) is 12.5 Å². The molecule has 1 atom stereocenters. The van der Waals surface area contributed by atoms with Gasteiger partial charge >= 0.3 is 6.09 Å². The van der Waals surface area contributed by atoms with Crippen LogP contribution in [0.2, 0.25) is 5.02 Å². The molecule has 5 nitrogen and oxygen atoms in total. The van der Waals surface area contributed by atoms with Gasteiger partial charge in [-0.1, -0.05) is 23.7 Å². The Morgan fingerprint density at radius 2 is 2.17 bits per heavy atom. The Kier molecular flexibility index (Phi) is 3.84. The Bertz CT molecular complexity index is 478. The first-order valence-electron chi connectivity index (χ1n) is 5.58. The lowest BCUT2D eigenvalue weighted by atomic mass is 10.1. The first-order chi connectivity index (χ1) is 8.61. The lowest BCUT2D eigenvalue weighted by Gasteiger charge is -2.09. The molecule has 1 aromatic rings. The minimum Gasteiger partial charge on any atom is -0.435 e. The number of nitrogens with two attached hydrogens (primary N) is 1. The zero-order valence-electron chi connectivity index (χ0n) is 9.64. The fourth-order valence-electron chi connectivity index (χ4n) is 1.84. The van der Waals surface area contributed by atoms with E-state index in [0.29, 0.717) is 11.4 Å². The molecule has 96 valence electrons. The van der Waals surface area contributed by atoms with Gasteiger partial charge in [0.2, 0.25) is 0 Å². The van der Waals surface area contributed by atoms with Gasteiger partial charge in [-0.15, -0.1) is 0 Å². The van der Waals surface area contributed by atoms with Gasteiger partial charge in [0.15, 0.2) is 6.10 Å². The molecule has 0 aromatic heterocycles. The number of benzene rings is 1. The highest BCUT2D eigenvalue weighted by Gasteiger charge is 2.39. The SMILES string of the molecule is NCCN1C(=O)OC(Cc2cccc(Cl)c2)C1=O. The quantitative estimate of drug-likeness (QED) is 0.890. The summed E-state index contributed by atoms with van der Waals surface area (Å²) in [6, 6.07) is 7.11. The number of carbonyl (C=O) groups is 2. The zero-order chi connectivity index (χ0) is 13.1. The number of hydrogen-bond donors (Lipinski definition) is 1. The van der Waals surface area contributed by atoms with Crippen molar-refractivity contribution in [1.82, 2.24) is 4.90 Å². The van der Waals surface area contributed by atoms with Crippen molar-refractivity contribution in [3.63, 3.8) is 0 Å². The summed E-state index contributed by atoms with van der Waals surface area (Å²) in [6.45, 7) is 0.411. The van der Waals surface area contributed by atoms with Gasteiger partial charge in [-0.25, -0.2) is 9.69 Å². The number of amides is 2. The molecular weight excluding hydrogens is 256 g/mol. The van der Waals surface area contributed by atoms with Crippen LogP contribution in [-0.2, 0) is 16.0 Å². The number of carbonyl (C=O) groups excluding carboxylic acids is 2. The number of halogens is 1. The first-order valence-corrected chi connectivity index (χ1v) is 5.96. The third kappa shape index (κ3) is 2.63. The van der Waals surface area contributed by atoms with E-state index in [1.54, 1.807) is 18.2 Å². The second-order valence-electron chi connectivity index (χ2n) is 3.98. The monoisotopic (exact) mass is 268 g/mol. The van der Waals surface area contributed by atoms with Crippen LogP contribution in [0.15, 0.2) is 24.3 Å². The van der Waals surface area contributed by atoms with Gasteiger partial charge in [0.1, 0.15) is 0 Å². The van der Waals surface area contributed by atoms with E-state index in [4.69, 9.17) is 22.1 Å². The smallest absolute Gasteiger partial charge is 0.417 e. The molecule has 1 aliphatic rings. The molecule has 0 aliphatic carbocycles. The van der Waals surface area contributed by atoms with Crippen LogP contribution in [0.3, 0.4) is 0 Å². The van der Waals surface area contributed by atoms with Crippen LogP contribution >= 0.6 is 11.6 Å². The molecule has 2 N–H and O–H groups in total. The van der Waals surface area contributed by atoms with Gasteiger partial charge in [-0.2, -0.15) is 0 Å². The van der Waals surface area contributed by atoms with E-state index in [2.05, 4.69) is 0 Å². The number of hydrogen-bond acceptors (Lipinski definition) is 4. The van der Waals surface area contributed by atoms with Crippen LogP contribution < -0.4 is 5.73 Å². The van der Waals surface area contributed by atoms with Crippen LogP contribution in [0.4, 0.5) is 4.79 Å². The minimum atomic E-state index is -0.775. The largest absolute Gasteiger partial charge is 0.435 e. The molecule has 1 unspecified atom stereocenters. The molecule has 0 radical (unpaired) electrons. The van der Waals surface area contributed by atoms with Gasteiger partial charge in [0.25, 0.3) is 5.91 Å². The summed E-state index contributed by atoms with van der Waals surface area (Å²) in [5, 5.41) is 0.586. The molecule has 1 heterocycles. The molecule has 6 heteroatoms. The molecule has 2 rings (SSSR count). The van der Waals surface area contributed by atoms with Crippen molar-refractivity contribution in [3.05, 3.63) is 34.9 Å². The molecule has 1 fully saturated rings. The maximum atomic E-state index is 11.9. The van der Waals surface area contributed by atoms with Crippen molar-refractivity contribution in [2.24, 2.45) is 5.73 Å². The normalized spacial score (nSPS) is 19.2. The Balaban J connectivity index is 2.07. The average molecular weight is 269 g/mol. The predicted molar refractivity (Wildman–Crippen MR) is 66.2 cm³/mol. The van der Waals surface area contributed by atoms with Crippen molar-refractivity contribution < 1.29 is 14.3 Å². The van der Waals surface area contributed by atoms with E-state index in [1.165, 1.54) is 0 Å². The van der Waals surface area contributed by atoms with Crippen molar-refractivity contribution in [3.8, 4) is 0 Å². The summed E-state index contributed by atoms with van der Waals surface area (Å²) in [4.78, 5) is 24.4. The topological polar surface area (TPSA) is 72.6 Å². The summed E-state index contributed by atoms with van der Waals surface area (Å²) >= 11 is 5.85. The highest BCUT2D eigenvalue weighted by molar-refractivity contribution is 6.30. The van der Waals surface area contributed by atoms with Gasteiger partial charge in [0.05, 0.1) is 0 Å². The first kappa shape index (κ1) is 12.9. The van der Waals surface area contributed by atoms with Crippen LogP contribution in [0.1, 0.15) is 5.56 Å². The fraction of sp³-hybridized carbons (Fsp3) is 0.333. The Labute approximate surface area is 109 Å². The maximum Gasteiger partial charge on any atom is 0.417 e. The van der Waals surface area contributed by atoms with E-state index in [9.17, 15) is 9.59 Å². The molecule has 0 spiro atoms. The summed E-state index contributed by atoms with van der Waals surface area (Å²) in [5.74, 6) is -0.342. The van der Waals surface area contributed by atoms with Crippen LogP contribution in [0.5, 0.6) is 0 Å². The molecule has 0 bridgehead atoms. The van der Waals surface area contributed by atoms with E-state index in [1.807, 2.05) is 6.07 Å². The lowest BCUT2D eigenvalue weighted by Crippen LogP contribution is -2.36. The van der Waals surface area contributed by atoms with Crippen LogP contribution in [-0.4, -0.2) is 36.1 Å². The summed E-state index contributed by atoms with van der Waals surface area (Å²) < 4.78 is 5.02. The lowest BCUT2D eigenvalue weighted by molar-refractivity contribution is -0.129. The van der Waals surface area contributed by atoms with Crippen molar-refractivity contribution in [1.29, 1.82) is 0 Å². The fourth-order valence-corrected chi connectivity index (χ4v) is 2.05. The molecular formula is C12H13ClN2O3. The van der Waals surface area contributed by atoms with Crippen LogP contribution in [0.25, 0.3) is 0 Å².